The number of aromatic nitrogens is 2. The molecular weight excluding hydrogens is 288 g/mol. The minimum Gasteiger partial charge on any atom is -0.362 e. The van der Waals surface area contributed by atoms with Crippen molar-refractivity contribution in [3.05, 3.63) is 16.1 Å². The third-order valence-electron chi connectivity index (χ3n) is 3.16. The zero-order valence-electron chi connectivity index (χ0n) is 12.6. The van der Waals surface area contributed by atoms with Crippen LogP contribution < -0.4 is 5.32 Å². The normalized spacial score (nSPS) is 11.2. The third kappa shape index (κ3) is 3.56. The van der Waals surface area contributed by atoms with Crippen molar-refractivity contribution in [1.82, 2.24) is 14.9 Å². The van der Waals surface area contributed by atoms with Gasteiger partial charge in [0.1, 0.15) is 5.01 Å². The van der Waals surface area contributed by atoms with Crippen molar-refractivity contribution in [2.24, 2.45) is 0 Å². The van der Waals surface area contributed by atoms with Crippen LogP contribution >= 0.6 is 22.7 Å². The second kappa shape index (κ2) is 7.15. The quantitative estimate of drug-likeness (QED) is 0.843. The van der Waals surface area contributed by atoms with E-state index in [1.54, 1.807) is 22.7 Å². The molecule has 0 amide bonds. The van der Waals surface area contributed by atoms with E-state index in [1.165, 1.54) is 9.88 Å². The SMILES string of the molecule is CCNc1nc(-c2sc(CN(CC)CC)nc2C)cs1. The lowest BCUT2D eigenvalue weighted by atomic mass is 10.3. The van der Waals surface area contributed by atoms with Crippen molar-refractivity contribution >= 4 is 27.8 Å². The van der Waals surface area contributed by atoms with Crippen molar-refractivity contribution in [3.8, 4) is 10.6 Å². The largest absolute Gasteiger partial charge is 0.362 e. The Hall–Kier alpha value is -0.980. The first-order chi connectivity index (χ1) is 9.67. The van der Waals surface area contributed by atoms with E-state index in [4.69, 9.17) is 4.98 Å². The number of hydrogen-bond donors (Lipinski definition) is 1. The van der Waals surface area contributed by atoms with Crippen LogP contribution in [0.25, 0.3) is 10.6 Å². The van der Waals surface area contributed by atoms with Gasteiger partial charge in [-0.05, 0) is 26.9 Å². The average molecular weight is 310 g/mol. The summed E-state index contributed by atoms with van der Waals surface area (Å²) in [5.41, 5.74) is 2.14. The third-order valence-corrected chi connectivity index (χ3v) is 5.12. The highest BCUT2D eigenvalue weighted by Gasteiger charge is 2.14. The lowest BCUT2D eigenvalue weighted by Gasteiger charge is -2.15. The minimum atomic E-state index is 0.905. The van der Waals surface area contributed by atoms with Crippen LogP contribution in [0.4, 0.5) is 5.13 Å². The Bertz CT molecular complexity index is 543. The molecule has 0 bridgehead atoms. The maximum atomic E-state index is 4.70. The van der Waals surface area contributed by atoms with Gasteiger partial charge in [-0.15, -0.1) is 22.7 Å². The van der Waals surface area contributed by atoms with Gasteiger partial charge in [0, 0.05) is 11.9 Å². The molecule has 0 saturated heterocycles. The summed E-state index contributed by atoms with van der Waals surface area (Å²) < 4.78 is 0. The van der Waals surface area contributed by atoms with E-state index < -0.39 is 0 Å². The number of thiazole rings is 2. The Kier molecular flexibility index (Phi) is 5.51. The molecule has 110 valence electrons. The molecule has 4 nitrogen and oxygen atoms in total. The van der Waals surface area contributed by atoms with Gasteiger partial charge >= 0.3 is 0 Å². The fourth-order valence-corrected chi connectivity index (χ4v) is 3.92. The molecule has 0 unspecified atom stereocenters. The first kappa shape index (κ1) is 15.4. The summed E-state index contributed by atoms with van der Waals surface area (Å²) in [4.78, 5) is 12.9. The van der Waals surface area contributed by atoms with Crippen LogP contribution in [0.3, 0.4) is 0 Å². The highest BCUT2D eigenvalue weighted by Crippen LogP contribution is 2.32. The number of anilines is 1. The second-order valence-electron chi connectivity index (χ2n) is 4.55. The summed E-state index contributed by atoms with van der Waals surface area (Å²) in [5, 5.41) is 7.54. The van der Waals surface area contributed by atoms with E-state index in [2.05, 4.69) is 48.3 Å². The Morgan fingerprint density at radius 3 is 2.60 bits per heavy atom. The van der Waals surface area contributed by atoms with E-state index in [1.807, 2.05) is 0 Å². The van der Waals surface area contributed by atoms with Crippen molar-refractivity contribution in [1.29, 1.82) is 0 Å². The Morgan fingerprint density at radius 1 is 1.20 bits per heavy atom. The van der Waals surface area contributed by atoms with Crippen LogP contribution in [0.1, 0.15) is 31.5 Å². The van der Waals surface area contributed by atoms with E-state index in [0.717, 1.165) is 42.7 Å². The fraction of sp³-hybridized carbons (Fsp3) is 0.571. The number of nitrogens with one attached hydrogen (secondary N) is 1. The smallest absolute Gasteiger partial charge is 0.183 e. The minimum absolute atomic E-state index is 0.905. The molecule has 2 heterocycles. The molecule has 6 heteroatoms. The molecule has 0 spiro atoms. The number of aryl methyl sites for hydroxylation is 1. The van der Waals surface area contributed by atoms with Crippen LogP contribution in [-0.2, 0) is 6.54 Å². The van der Waals surface area contributed by atoms with Gasteiger partial charge in [-0.2, -0.15) is 0 Å². The molecule has 0 saturated carbocycles. The zero-order valence-corrected chi connectivity index (χ0v) is 14.2. The molecule has 2 aromatic heterocycles. The van der Waals surface area contributed by atoms with E-state index in [-0.39, 0.29) is 0 Å². The first-order valence-electron chi connectivity index (χ1n) is 7.06. The highest BCUT2D eigenvalue weighted by molar-refractivity contribution is 7.16. The molecule has 0 atom stereocenters. The van der Waals surface area contributed by atoms with Gasteiger partial charge in [0.15, 0.2) is 5.13 Å². The number of rotatable bonds is 7. The van der Waals surface area contributed by atoms with E-state index in [9.17, 15) is 0 Å². The molecule has 0 aromatic carbocycles. The summed E-state index contributed by atoms with van der Waals surface area (Å²) >= 11 is 3.42. The summed E-state index contributed by atoms with van der Waals surface area (Å²) in [7, 11) is 0. The summed E-state index contributed by atoms with van der Waals surface area (Å²) in [6, 6.07) is 0. The second-order valence-corrected chi connectivity index (χ2v) is 6.49. The summed E-state index contributed by atoms with van der Waals surface area (Å²) in [5.74, 6) is 0. The van der Waals surface area contributed by atoms with Crippen LogP contribution in [-0.4, -0.2) is 34.5 Å². The topological polar surface area (TPSA) is 41.1 Å². The van der Waals surface area contributed by atoms with Crippen molar-refractivity contribution in [3.63, 3.8) is 0 Å². The molecule has 1 N–H and O–H groups in total. The predicted molar refractivity (Wildman–Crippen MR) is 88.7 cm³/mol. The van der Waals surface area contributed by atoms with Gasteiger partial charge in [0.05, 0.1) is 22.8 Å². The van der Waals surface area contributed by atoms with Gasteiger partial charge in [-0.3, -0.25) is 4.90 Å². The highest BCUT2D eigenvalue weighted by atomic mass is 32.1. The zero-order chi connectivity index (χ0) is 14.5. The van der Waals surface area contributed by atoms with E-state index in [0.29, 0.717) is 0 Å². The molecule has 2 aromatic rings. The molecule has 0 radical (unpaired) electrons. The van der Waals surface area contributed by atoms with Gasteiger partial charge in [0.2, 0.25) is 0 Å². The standard InChI is InChI=1S/C14H22N4S2/c1-5-15-14-17-11(9-19-14)13-10(4)16-12(20-13)8-18(6-2)7-3/h9H,5-8H2,1-4H3,(H,15,17). The first-order valence-corrected chi connectivity index (χ1v) is 8.75. The molecule has 0 aliphatic heterocycles. The maximum Gasteiger partial charge on any atom is 0.183 e. The Labute approximate surface area is 128 Å². The molecule has 0 aliphatic carbocycles. The molecular formula is C14H22N4S2. The Morgan fingerprint density at radius 2 is 1.95 bits per heavy atom. The predicted octanol–water partition coefficient (Wildman–Crippen LogP) is 3.85. The van der Waals surface area contributed by atoms with Crippen molar-refractivity contribution < 1.29 is 0 Å². The van der Waals surface area contributed by atoms with Gasteiger partial charge in [0.25, 0.3) is 0 Å². The lowest BCUT2D eigenvalue weighted by molar-refractivity contribution is 0.295. The Balaban J connectivity index is 2.17. The van der Waals surface area contributed by atoms with Crippen LogP contribution in [0.2, 0.25) is 0 Å². The van der Waals surface area contributed by atoms with Gasteiger partial charge < -0.3 is 5.32 Å². The van der Waals surface area contributed by atoms with Crippen molar-refractivity contribution in [2.45, 2.75) is 34.2 Å². The van der Waals surface area contributed by atoms with E-state index >= 15 is 0 Å². The summed E-state index contributed by atoms with van der Waals surface area (Å²) in [6.07, 6.45) is 0. The molecule has 0 aliphatic rings. The molecule has 0 fully saturated rings. The van der Waals surface area contributed by atoms with Crippen LogP contribution in [0.5, 0.6) is 0 Å². The van der Waals surface area contributed by atoms with Gasteiger partial charge in [-0.1, -0.05) is 13.8 Å². The monoisotopic (exact) mass is 310 g/mol. The lowest BCUT2D eigenvalue weighted by Crippen LogP contribution is -2.21. The van der Waals surface area contributed by atoms with Crippen LogP contribution in [0.15, 0.2) is 5.38 Å². The van der Waals surface area contributed by atoms with Gasteiger partial charge in [-0.25, -0.2) is 9.97 Å². The van der Waals surface area contributed by atoms with Crippen LogP contribution in [0, 0.1) is 6.92 Å². The maximum absolute atomic E-state index is 4.70. The number of hydrogen-bond acceptors (Lipinski definition) is 6. The molecule has 2 rings (SSSR count). The molecule has 20 heavy (non-hydrogen) atoms. The average Bonchev–Trinajstić information content (AvgIpc) is 3.03. The number of nitrogens with zero attached hydrogens (tertiary/aromatic N) is 3. The van der Waals surface area contributed by atoms with Crippen molar-refractivity contribution in [2.75, 3.05) is 25.0 Å². The summed E-state index contributed by atoms with van der Waals surface area (Å²) in [6.45, 7) is 12.5. The fourth-order valence-electron chi connectivity index (χ4n) is 2.01.